The van der Waals surface area contributed by atoms with Crippen LogP contribution in [0.2, 0.25) is 0 Å². The molecule has 0 heterocycles. The lowest BCUT2D eigenvalue weighted by atomic mass is 9.94. The molecule has 0 rings (SSSR count). The lowest BCUT2D eigenvalue weighted by molar-refractivity contribution is -0.160. The minimum atomic E-state index is -0.780. The van der Waals surface area contributed by atoms with Crippen LogP contribution in [0.4, 0.5) is 0 Å². The van der Waals surface area contributed by atoms with Crippen LogP contribution in [-0.4, -0.2) is 37.7 Å². The minimum Gasteiger partial charge on any atom is -0.465 e. The van der Waals surface area contributed by atoms with Crippen LogP contribution in [0.3, 0.4) is 0 Å². The van der Waals surface area contributed by atoms with E-state index in [1.807, 2.05) is 6.92 Å². The average molecular weight is 1000 g/mol. The number of hydrogen-bond donors (Lipinski definition) is 0. The first kappa shape index (κ1) is 69.4. The van der Waals surface area contributed by atoms with Crippen LogP contribution in [0, 0.1) is 5.41 Å². The van der Waals surface area contributed by atoms with E-state index in [1.54, 1.807) is 0 Å². The van der Waals surface area contributed by atoms with Crippen molar-refractivity contribution in [2.75, 3.05) is 19.8 Å². The molecule has 0 aliphatic rings. The Balaban J connectivity index is 4.39. The van der Waals surface area contributed by atoms with Gasteiger partial charge in [0.05, 0.1) is 5.41 Å². The van der Waals surface area contributed by atoms with Gasteiger partial charge in [-0.1, -0.05) is 329 Å². The Bertz CT molecular complexity index is 958. The Kier molecular flexibility index (Phi) is 56.4. The summed E-state index contributed by atoms with van der Waals surface area (Å²) in [6.45, 7) is 8.98. The summed E-state index contributed by atoms with van der Waals surface area (Å²) in [5.41, 5.74) is -0.780. The lowest BCUT2D eigenvalue weighted by Gasteiger charge is -2.28. The second kappa shape index (κ2) is 57.7. The van der Waals surface area contributed by atoms with Crippen molar-refractivity contribution in [3.05, 3.63) is 0 Å². The van der Waals surface area contributed by atoms with E-state index in [-0.39, 0.29) is 37.7 Å². The van der Waals surface area contributed by atoms with Crippen LogP contribution >= 0.6 is 0 Å². The Morgan fingerprint density at radius 3 is 0.493 bits per heavy atom. The zero-order valence-electron chi connectivity index (χ0n) is 48.8. The van der Waals surface area contributed by atoms with E-state index in [1.165, 1.54) is 270 Å². The third-order valence-corrected chi connectivity index (χ3v) is 15.2. The van der Waals surface area contributed by atoms with Crippen LogP contribution in [0.5, 0.6) is 0 Å². The predicted molar refractivity (Wildman–Crippen MR) is 307 cm³/mol. The molecule has 0 aliphatic heterocycles. The fourth-order valence-corrected chi connectivity index (χ4v) is 10.1. The molecule has 0 N–H and O–H groups in total. The van der Waals surface area contributed by atoms with Crippen LogP contribution in [0.1, 0.15) is 374 Å². The fourth-order valence-electron chi connectivity index (χ4n) is 10.1. The molecule has 0 saturated carbocycles. The highest BCUT2D eigenvalue weighted by atomic mass is 16.6. The number of unbranched alkanes of at least 4 members (excludes halogenated alkanes) is 48. The van der Waals surface area contributed by atoms with Crippen LogP contribution in [-0.2, 0) is 28.6 Å². The van der Waals surface area contributed by atoms with Gasteiger partial charge in [0.15, 0.2) is 0 Å². The first-order valence-electron chi connectivity index (χ1n) is 32.3. The third-order valence-electron chi connectivity index (χ3n) is 15.2. The van der Waals surface area contributed by atoms with E-state index in [4.69, 9.17) is 14.2 Å². The zero-order chi connectivity index (χ0) is 51.7. The maximum atomic E-state index is 12.9. The van der Waals surface area contributed by atoms with E-state index in [0.717, 1.165) is 57.8 Å². The van der Waals surface area contributed by atoms with Crippen molar-refractivity contribution in [1.82, 2.24) is 0 Å². The molecule has 0 amide bonds. The molecule has 0 radical (unpaired) electrons. The molecule has 0 aliphatic carbocycles. The molecule has 0 aromatic rings. The molecule has 0 bridgehead atoms. The summed E-state index contributed by atoms with van der Waals surface area (Å²) in [4.78, 5) is 38.6. The van der Waals surface area contributed by atoms with Crippen molar-refractivity contribution in [2.45, 2.75) is 374 Å². The standard InChI is InChI=1S/C65H126O6/c1-5-8-11-14-17-20-23-26-29-32-35-38-41-44-47-50-53-56-62(66)69-59-65(4,60-70-63(67)57-54-51-48-45-42-39-36-33-30-27-24-21-18-15-12-9-6-2)61-71-64(68)58-55-52-49-46-43-40-37-34-31-28-25-22-19-16-13-10-7-3/h5-61H2,1-4H3. The fraction of sp³-hybridized carbons (Fsp3) is 0.954. The van der Waals surface area contributed by atoms with Crippen LogP contribution in [0.25, 0.3) is 0 Å². The number of rotatable bonds is 60. The quantitative estimate of drug-likeness (QED) is 0.0343. The molecule has 0 aromatic carbocycles. The van der Waals surface area contributed by atoms with Gasteiger partial charge >= 0.3 is 17.9 Å². The van der Waals surface area contributed by atoms with Gasteiger partial charge < -0.3 is 14.2 Å². The minimum absolute atomic E-state index is 0.0730. The molecule has 422 valence electrons. The average Bonchev–Trinajstić information content (AvgIpc) is 3.37. The number of ether oxygens (including phenoxy) is 3. The number of carbonyl (C=O) groups excluding carboxylic acids is 3. The topological polar surface area (TPSA) is 78.9 Å². The predicted octanol–water partition coefficient (Wildman–Crippen LogP) is 21.7. The monoisotopic (exact) mass is 1000 g/mol. The Morgan fingerprint density at radius 2 is 0.352 bits per heavy atom. The molecule has 0 atom stereocenters. The largest absolute Gasteiger partial charge is 0.465 e. The second-order valence-corrected chi connectivity index (χ2v) is 23.0. The van der Waals surface area contributed by atoms with Gasteiger partial charge in [0.1, 0.15) is 19.8 Å². The summed E-state index contributed by atoms with van der Waals surface area (Å²) in [5, 5.41) is 0. The van der Waals surface area contributed by atoms with Crippen molar-refractivity contribution >= 4 is 17.9 Å². The Hall–Kier alpha value is -1.59. The summed E-state index contributed by atoms with van der Waals surface area (Å²) in [6, 6.07) is 0. The van der Waals surface area contributed by atoms with Gasteiger partial charge in [-0.05, 0) is 26.2 Å². The van der Waals surface area contributed by atoms with Gasteiger partial charge in [0, 0.05) is 19.3 Å². The Labute approximate surface area is 444 Å². The molecule has 0 fully saturated rings. The zero-order valence-corrected chi connectivity index (χ0v) is 48.8. The molecule has 0 unspecified atom stereocenters. The Morgan fingerprint density at radius 1 is 0.225 bits per heavy atom. The van der Waals surface area contributed by atoms with Gasteiger partial charge in [-0.3, -0.25) is 14.4 Å². The van der Waals surface area contributed by atoms with E-state index >= 15 is 0 Å². The highest BCUT2D eigenvalue weighted by Crippen LogP contribution is 2.22. The van der Waals surface area contributed by atoms with E-state index in [2.05, 4.69) is 20.8 Å². The number of esters is 3. The highest BCUT2D eigenvalue weighted by Gasteiger charge is 2.31. The first-order chi connectivity index (χ1) is 34.9. The summed E-state index contributed by atoms with van der Waals surface area (Å²) in [6.07, 6.45) is 67.8. The maximum absolute atomic E-state index is 12.9. The van der Waals surface area contributed by atoms with Crippen molar-refractivity contribution in [3.63, 3.8) is 0 Å². The van der Waals surface area contributed by atoms with E-state index < -0.39 is 5.41 Å². The van der Waals surface area contributed by atoms with Gasteiger partial charge in [0.25, 0.3) is 0 Å². The molecule has 6 heteroatoms. The van der Waals surface area contributed by atoms with Gasteiger partial charge in [0.2, 0.25) is 0 Å². The van der Waals surface area contributed by atoms with Crippen LogP contribution in [0.15, 0.2) is 0 Å². The second-order valence-electron chi connectivity index (χ2n) is 23.0. The van der Waals surface area contributed by atoms with Gasteiger partial charge in [-0.15, -0.1) is 0 Å². The van der Waals surface area contributed by atoms with Crippen molar-refractivity contribution in [3.8, 4) is 0 Å². The summed E-state index contributed by atoms with van der Waals surface area (Å²) < 4.78 is 17.3. The number of hydrogen-bond acceptors (Lipinski definition) is 6. The first-order valence-corrected chi connectivity index (χ1v) is 32.3. The maximum Gasteiger partial charge on any atom is 0.305 e. The van der Waals surface area contributed by atoms with Crippen molar-refractivity contribution in [1.29, 1.82) is 0 Å². The highest BCUT2D eigenvalue weighted by molar-refractivity contribution is 5.70. The molecule has 0 saturated heterocycles. The molecule has 0 spiro atoms. The smallest absolute Gasteiger partial charge is 0.305 e. The summed E-state index contributed by atoms with van der Waals surface area (Å²) in [7, 11) is 0. The third kappa shape index (κ3) is 56.0. The van der Waals surface area contributed by atoms with Crippen molar-refractivity contribution < 1.29 is 28.6 Å². The molecule has 0 aromatic heterocycles. The van der Waals surface area contributed by atoms with Crippen molar-refractivity contribution in [2.24, 2.45) is 5.41 Å². The van der Waals surface area contributed by atoms with E-state index in [9.17, 15) is 14.4 Å². The lowest BCUT2D eigenvalue weighted by Crippen LogP contribution is -2.37. The summed E-state index contributed by atoms with van der Waals surface area (Å²) >= 11 is 0. The van der Waals surface area contributed by atoms with Gasteiger partial charge in [-0.25, -0.2) is 0 Å². The SMILES string of the molecule is CCCCCCCCCCCCCCCCCCCC(=O)OCC(C)(COC(=O)CCCCCCCCCCCCCCCCCCC)COC(=O)CCCCCCCCCCCCCCCCCCC. The summed E-state index contributed by atoms with van der Waals surface area (Å²) in [5.74, 6) is -0.662. The molecule has 6 nitrogen and oxygen atoms in total. The molecule has 71 heavy (non-hydrogen) atoms. The number of carbonyl (C=O) groups is 3. The van der Waals surface area contributed by atoms with E-state index in [0.29, 0.717) is 19.3 Å². The van der Waals surface area contributed by atoms with Gasteiger partial charge in [-0.2, -0.15) is 0 Å². The normalized spacial score (nSPS) is 11.7. The molecular formula is C65H126O6. The van der Waals surface area contributed by atoms with Crippen LogP contribution < -0.4 is 0 Å². The molecular weight excluding hydrogens is 877 g/mol.